The molecule has 12 rings (SSSR count). The van der Waals surface area contributed by atoms with Gasteiger partial charge in [-0.25, -0.2) is 4.99 Å². The Morgan fingerprint density at radius 1 is 0.500 bits per heavy atom. The highest BCUT2D eigenvalue weighted by Crippen LogP contribution is 2.41. The van der Waals surface area contributed by atoms with Crippen molar-refractivity contribution in [1.82, 2.24) is 9.13 Å². The molecule has 6 heteroatoms. The standard InChI is InChI=1S/C52H34N4O2/c1-32(55-43-21-11-8-18-36(43)39-26-27-40-37-19-9-12-22-44(37)56(50(40)49(39)55)35-16-6-3-7-17-35)54-52(34-14-4-2-5-15-34)53-31-33-24-25-42-47(30-33)57-46-29-28-41-38-20-10-13-23-45(38)58-51(41)48(42)46/h2-30H,31H2,1H3/b53-52-,54-32+. The summed E-state index contributed by atoms with van der Waals surface area (Å²) in [5.74, 6) is 1.49. The first kappa shape index (κ1) is 32.5. The van der Waals surface area contributed by atoms with Gasteiger partial charge in [0.1, 0.15) is 28.2 Å². The van der Waals surface area contributed by atoms with Gasteiger partial charge in [0.15, 0.2) is 5.84 Å². The molecular formula is C52H34N4O2. The molecule has 0 atom stereocenters. The fraction of sp³-hybridized carbons (Fsp3) is 0.0385. The third-order valence-corrected chi connectivity index (χ3v) is 11.6. The maximum absolute atomic E-state index is 6.44. The molecule has 0 radical (unpaired) electrons. The summed E-state index contributed by atoms with van der Waals surface area (Å²) in [6.45, 7) is 2.52. The van der Waals surface area contributed by atoms with Gasteiger partial charge in [0.05, 0.1) is 34.0 Å². The van der Waals surface area contributed by atoms with Crippen LogP contribution in [0.2, 0.25) is 0 Å². The summed E-state index contributed by atoms with van der Waals surface area (Å²) in [7, 11) is 0. The molecule has 6 nitrogen and oxygen atoms in total. The van der Waals surface area contributed by atoms with E-state index in [1.807, 2.05) is 42.5 Å². The summed E-state index contributed by atoms with van der Waals surface area (Å²) in [5, 5.41) is 8.97. The number of aromatic nitrogens is 2. The van der Waals surface area contributed by atoms with Crippen LogP contribution in [0.1, 0.15) is 18.1 Å². The summed E-state index contributed by atoms with van der Waals surface area (Å²) >= 11 is 0. The normalized spacial score (nSPS) is 12.8. The molecular weight excluding hydrogens is 713 g/mol. The Balaban J connectivity index is 1.03. The Morgan fingerprint density at radius 3 is 1.95 bits per heavy atom. The van der Waals surface area contributed by atoms with Crippen LogP contribution in [0.15, 0.2) is 195 Å². The fourth-order valence-corrected chi connectivity index (χ4v) is 9.02. The van der Waals surface area contributed by atoms with Crippen molar-refractivity contribution in [1.29, 1.82) is 0 Å². The Hall–Kier alpha value is -7.70. The molecule has 0 spiro atoms. The van der Waals surface area contributed by atoms with Gasteiger partial charge >= 0.3 is 0 Å². The van der Waals surface area contributed by atoms with Crippen LogP contribution in [0.5, 0.6) is 0 Å². The van der Waals surface area contributed by atoms with Crippen molar-refractivity contribution in [3.05, 3.63) is 187 Å². The second-order valence-electron chi connectivity index (χ2n) is 14.9. The summed E-state index contributed by atoms with van der Waals surface area (Å²) in [4.78, 5) is 10.6. The van der Waals surface area contributed by atoms with Gasteiger partial charge in [0, 0.05) is 49.0 Å². The van der Waals surface area contributed by atoms with E-state index in [0.717, 1.165) is 88.6 Å². The number of para-hydroxylation sites is 4. The van der Waals surface area contributed by atoms with E-state index in [-0.39, 0.29) is 0 Å². The van der Waals surface area contributed by atoms with Crippen molar-refractivity contribution in [2.24, 2.45) is 9.98 Å². The Bertz CT molecular complexity index is 3660. The molecule has 0 aliphatic heterocycles. The highest BCUT2D eigenvalue weighted by Gasteiger charge is 2.22. The summed E-state index contributed by atoms with van der Waals surface area (Å²) in [6.07, 6.45) is 0. The van der Waals surface area contributed by atoms with E-state index >= 15 is 0 Å². The van der Waals surface area contributed by atoms with Gasteiger partial charge in [-0.15, -0.1) is 0 Å². The van der Waals surface area contributed by atoms with E-state index in [0.29, 0.717) is 12.4 Å². The van der Waals surface area contributed by atoms with E-state index < -0.39 is 0 Å². The molecule has 4 heterocycles. The average molecular weight is 747 g/mol. The lowest BCUT2D eigenvalue weighted by Gasteiger charge is -2.13. The van der Waals surface area contributed by atoms with Crippen molar-refractivity contribution in [3.63, 3.8) is 0 Å². The summed E-state index contributed by atoms with van der Waals surface area (Å²) in [5.41, 5.74) is 10.9. The first-order chi connectivity index (χ1) is 28.7. The number of furan rings is 2. The molecule has 0 fully saturated rings. The largest absolute Gasteiger partial charge is 0.456 e. The molecule has 0 bridgehead atoms. The van der Waals surface area contributed by atoms with Crippen molar-refractivity contribution in [2.45, 2.75) is 13.5 Å². The van der Waals surface area contributed by atoms with Gasteiger partial charge in [-0.1, -0.05) is 127 Å². The minimum Gasteiger partial charge on any atom is -0.456 e. The molecule has 0 aliphatic carbocycles. The SMILES string of the molecule is C/C(=N\C(=N/Cc1ccc2c(c1)oc1ccc3c4ccccc4oc3c12)c1ccccc1)n1c2ccccc2c2ccc3c4ccccc4n(-c4ccccc4)c3c21. The molecule has 0 N–H and O–H groups in total. The molecule has 0 saturated heterocycles. The molecule has 58 heavy (non-hydrogen) atoms. The third-order valence-electron chi connectivity index (χ3n) is 11.6. The zero-order valence-corrected chi connectivity index (χ0v) is 31.6. The number of hydrogen-bond donors (Lipinski definition) is 0. The van der Waals surface area contributed by atoms with Crippen LogP contribution >= 0.6 is 0 Å². The van der Waals surface area contributed by atoms with E-state index in [4.69, 9.17) is 18.8 Å². The predicted molar refractivity (Wildman–Crippen MR) is 240 cm³/mol. The molecule has 0 saturated carbocycles. The molecule has 0 aliphatic rings. The maximum atomic E-state index is 6.44. The van der Waals surface area contributed by atoms with Gasteiger partial charge in [-0.2, -0.15) is 0 Å². The number of rotatable bonds is 4. The van der Waals surface area contributed by atoms with Gasteiger partial charge in [-0.05, 0) is 61.0 Å². The zero-order valence-electron chi connectivity index (χ0n) is 31.6. The van der Waals surface area contributed by atoms with E-state index in [9.17, 15) is 0 Å². The van der Waals surface area contributed by atoms with Crippen molar-refractivity contribution < 1.29 is 8.83 Å². The topological polar surface area (TPSA) is 60.9 Å². The van der Waals surface area contributed by atoms with Crippen molar-refractivity contribution in [3.8, 4) is 5.69 Å². The number of aliphatic imine (C=N–C) groups is 2. The first-order valence-corrected chi connectivity index (χ1v) is 19.6. The maximum Gasteiger partial charge on any atom is 0.156 e. The van der Waals surface area contributed by atoms with Crippen LogP contribution in [0, 0.1) is 0 Å². The number of nitrogens with zero attached hydrogens (tertiary/aromatic N) is 4. The van der Waals surface area contributed by atoms with E-state index in [1.54, 1.807) is 0 Å². The smallest absolute Gasteiger partial charge is 0.156 e. The number of benzene rings is 8. The number of hydrogen-bond acceptors (Lipinski definition) is 3. The van der Waals surface area contributed by atoms with Crippen molar-refractivity contribution in [2.75, 3.05) is 0 Å². The molecule has 274 valence electrons. The fourth-order valence-electron chi connectivity index (χ4n) is 9.02. The molecule has 12 aromatic rings. The monoisotopic (exact) mass is 746 g/mol. The third kappa shape index (κ3) is 4.85. The van der Waals surface area contributed by atoms with Crippen LogP contribution in [0.4, 0.5) is 0 Å². The predicted octanol–water partition coefficient (Wildman–Crippen LogP) is 13.6. The second kappa shape index (κ2) is 12.7. The minimum atomic E-state index is 0.424. The van der Waals surface area contributed by atoms with Crippen LogP contribution in [-0.2, 0) is 6.54 Å². The number of amidine groups is 1. The van der Waals surface area contributed by atoms with Crippen LogP contribution < -0.4 is 0 Å². The van der Waals surface area contributed by atoms with Gasteiger partial charge in [0.25, 0.3) is 0 Å². The Morgan fingerprint density at radius 2 is 1.14 bits per heavy atom. The lowest BCUT2D eigenvalue weighted by atomic mass is 10.1. The number of fused-ring (bicyclic) bond motifs is 14. The lowest BCUT2D eigenvalue weighted by molar-refractivity contribution is 0.662. The highest BCUT2D eigenvalue weighted by atomic mass is 16.3. The Labute approximate surface area is 332 Å². The molecule has 0 unspecified atom stereocenters. The van der Waals surface area contributed by atoms with Crippen LogP contribution in [0.25, 0.3) is 93.2 Å². The Kier molecular flexibility index (Phi) is 7.10. The van der Waals surface area contributed by atoms with Gasteiger partial charge in [-0.3, -0.25) is 9.56 Å². The van der Waals surface area contributed by atoms with Crippen molar-refractivity contribution >= 4 is 99.2 Å². The van der Waals surface area contributed by atoms with Gasteiger partial charge in [0.2, 0.25) is 0 Å². The molecule has 0 amide bonds. The lowest BCUT2D eigenvalue weighted by Crippen LogP contribution is -2.12. The van der Waals surface area contributed by atoms with E-state index in [1.165, 1.54) is 21.5 Å². The first-order valence-electron chi connectivity index (χ1n) is 19.6. The minimum absolute atomic E-state index is 0.424. The molecule has 4 aromatic heterocycles. The molecule has 8 aromatic carbocycles. The van der Waals surface area contributed by atoms with Crippen LogP contribution in [-0.4, -0.2) is 20.8 Å². The second-order valence-corrected chi connectivity index (χ2v) is 14.9. The summed E-state index contributed by atoms with van der Waals surface area (Å²) in [6, 6.07) is 61.4. The summed E-state index contributed by atoms with van der Waals surface area (Å²) < 4.78 is 17.5. The zero-order chi connectivity index (χ0) is 38.3. The van der Waals surface area contributed by atoms with Gasteiger partial charge < -0.3 is 13.4 Å². The average Bonchev–Trinajstić information content (AvgIpc) is 4.03. The quantitative estimate of drug-likeness (QED) is 0.133. The van der Waals surface area contributed by atoms with E-state index in [2.05, 4.69) is 150 Å². The van der Waals surface area contributed by atoms with Crippen LogP contribution in [0.3, 0.4) is 0 Å². The highest BCUT2D eigenvalue weighted by molar-refractivity contribution is 6.26.